The first-order valence-electron chi connectivity index (χ1n) is 8.55. The highest BCUT2D eigenvalue weighted by Gasteiger charge is 2.22. The van der Waals surface area contributed by atoms with Crippen LogP contribution in [0.25, 0.3) is 0 Å². The van der Waals surface area contributed by atoms with Crippen molar-refractivity contribution in [2.45, 2.75) is 12.8 Å². The summed E-state index contributed by atoms with van der Waals surface area (Å²) in [6, 6.07) is 9.19. The Labute approximate surface area is 151 Å². The van der Waals surface area contributed by atoms with Gasteiger partial charge in [0.2, 0.25) is 0 Å². The molecule has 1 saturated heterocycles. The van der Waals surface area contributed by atoms with Crippen LogP contribution in [0.4, 0.5) is 11.6 Å². The van der Waals surface area contributed by atoms with Crippen molar-refractivity contribution in [2.75, 3.05) is 30.3 Å². The Balaban J connectivity index is 1.51. The number of nitrogen functional groups attached to an aromatic ring is 1. The van der Waals surface area contributed by atoms with Crippen LogP contribution in [-0.2, 0) is 0 Å². The number of hydrogen-bond acceptors (Lipinski definition) is 6. The Kier molecular flexibility index (Phi) is 5.31. The van der Waals surface area contributed by atoms with E-state index >= 15 is 0 Å². The van der Waals surface area contributed by atoms with E-state index in [1.807, 2.05) is 18.2 Å². The van der Waals surface area contributed by atoms with Gasteiger partial charge in [0.15, 0.2) is 11.5 Å². The van der Waals surface area contributed by atoms with Crippen molar-refractivity contribution in [1.29, 1.82) is 0 Å². The highest BCUT2D eigenvalue weighted by Crippen LogP contribution is 2.22. The second kappa shape index (κ2) is 7.81. The fourth-order valence-corrected chi connectivity index (χ4v) is 3.03. The maximum atomic E-state index is 12.1. The predicted molar refractivity (Wildman–Crippen MR) is 98.7 cm³/mol. The molecular formula is C18H22N6O2. The zero-order valence-electron chi connectivity index (χ0n) is 14.4. The van der Waals surface area contributed by atoms with E-state index in [1.54, 1.807) is 12.1 Å². The molecule has 1 aliphatic heterocycles. The SMILES string of the molecule is NC(=O)c1ncc(N2CCC(CNC(=O)c3ccccc3)CC2)nc1N. The van der Waals surface area contributed by atoms with E-state index in [0.717, 1.165) is 25.9 Å². The molecule has 8 nitrogen and oxygen atoms in total. The summed E-state index contributed by atoms with van der Waals surface area (Å²) in [4.78, 5) is 33.6. The van der Waals surface area contributed by atoms with Crippen LogP contribution in [0.2, 0.25) is 0 Å². The molecule has 8 heteroatoms. The van der Waals surface area contributed by atoms with Gasteiger partial charge in [-0.3, -0.25) is 9.59 Å². The number of aromatic nitrogens is 2. The van der Waals surface area contributed by atoms with Crippen LogP contribution in [0.3, 0.4) is 0 Å². The summed E-state index contributed by atoms with van der Waals surface area (Å²) in [5, 5.41) is 3.00. The number of piperidine rings is 1. The molecule has 2 aromatic rings. The van der Waals surface area contributed by atoms with Crippen LogP contribution in [-0.4, -0.2) is 41.4 Å². The van der Waals surface area contributed by atoms with Crippen molar-refractivity contribution < 1.29 is 9.59 Å². The van der Waals surface area contributed by atoms with Gasteiger partial charge in [0, 0.05) is 25.2 Å². The van der Waals surface area contributed by atoms with Crippen molar-refractivity contribution >= 4 is 23.5 Å². The van der Waals surface area contributed by atoms with Gasteiger partial charge in [-0.2, -0.15) is 0 Å². The Bertz CT molecular complexity index is 788. The minimum absolute atomic E-state index is 0.00717. The summed E-state index contributed by atoms with van der Waals surface area (Å²) in [6.45, 7) is 2.22. The zero-order chi connectivity index (χ0) is 18.5. The predicted octanol–water partition coefficient (Wildman–Crippen LogP) is 0.804. The zero-order valence-corrected chi connectivity index (χ0v) is 14.4. The van der Waals surface area contributed by atoms with Crippen LogP contribution in [0.15, 0.2) is 36.5 Å². The summed E-state index contributed by atoms with van der Waals surface area (Å²) >= 11 is 0. The normalized spacial score (nSPS) is 14.8. The van der Waals surface area contributed by atoms with Gasteiger partial charge in [-0.1, -0.05) is 18.2 Å². The first-order valence-corrected chi connectivity index (χ1v) is 8.55. The number of nitrogens with zero attached hydrogens (tertiary/aromatic N) is 3. The lowest BCUT2D eigenvalue weighted by Crippen LogP contribution is -2.39. The van der Waals surface area contributed by atoms with Crippen LogP contribution in [0, 0.1) is 5.92 Å². The number of carbonyl (C=O) groups excluding carboxylic acids is 2. The summed E-state index contributed by atoms with van der Waals surface area (Å²) in [5.74, 6) is 0.365. The average molecular weight is 354 g/mol. The average Bonchev–Trinajstić information content (AvgIpc) is 2.67. The summed E-state index contributed by atoms with van der Waals surface area (Å²) in [6.07, 6.45) is 3.37. The smallest absolute Gasteiger partial charge is 0.271 e. The minimum atomic E-state index is -0.686. The highest BCUT2D eigenvalue weighted by molar-refractivity contribution is 5.95. The number of nitrogens with one attached hydrogen (secondary N) is 1. The first kappa shape index (κ1) is 17.7. The van der Waals surface area contributed by atoms with Crippen molar-refractivity contribution in [1.82, 2.24) is 15.3 Å². The Morgan fingerprint density at radius 1 is 1.19 bits per heavy atom. The molecule has 5 N–H and O–H groups in total. The fourth-order valence-electron chi connectivity index (χ4n) is 3.03. The molecule has 1 fully saturated rings. The molecule has 136 valence electrons. The lowest BCUT2D eigenvalue weighted by atomic mass is 9.96. The van der Waals surface area contributed by atoms with Crippen molar-refractivity contribution in [3.05, 3.63) is 47.8 Å². The molecule has 3 rings (SSSR count). The second-order valence-electron chi connectivity index (χ2n) is 6.33. The molecule has 2 amide bonds. The van der Waals surface area contributed by atoms with E-state index in [9.17, 15) is 9.59 Å². The van der Waals surface area contributed by atoms with Gasteiger partial charge >= 0.3 is 0 Å². The van der Waals surface area contributed by atoms with Gasteiger partial charge in [-0.25, -0.2) is 9.97 Å². The monoisotopic (exact) mass is 354 g/mol. The van der Waals surface area contributed by atoms with E-state index in [2.05, 4.69) is 20.2 Å². The van der Waals surface area contributed by atoms with E-state index < -0.39 is 5.91 Å². The number of carbonyl (C=O) groups is 2. The number of rotatable bonds is 5. The lowest BCUT2D eigenvalue weighted by Gasteiger charge is -2.32. The van der Waals surface area contributed by atoms with Crippen molar-refractivity contribution in [2.24, 2.45) is 11.7 Å². The molecule has 0 bridgehead atoms. The molecule has 0 radical (unpaired) electrons. The molecule has 26 heavy (non-hydrogen) atoms. The largest absolute Gasteiger partial charge is 0.382 e. The first-order chi connectivity index (χ1) is 12.5. The number of nitrogens with two attached hydrogens (primary N) is 2. The van der Waals surface area contributed by atoms with Gasteiger partial charge in [0.05, 0.1) is 6.20 Å². The Morgan fingerprint density at radius 2 is 1.88 bits per heavy atom. The second-order valence-corrected chi connectivity index (χ2v) is 6.33. The van der Waals surface area contributed by atoms with Crippen LogP contribution in [0.1, 0.15) is 33.7 Å². The fraction of sp³-hybridized carbons (Fsp3) is 0.333. The standard InChI is InChI=1S/C18H22N6O2/c19-16-15(17(20)25)21-11-14(23-16)24-8-6-12(7-9-24)10-22-18(26)13-4-2-1-3-5-13/h1-5,11-12H,6-10H2,(H2,19,23)(H2,20,25)(H,22,26). The third kappa shape index (κ3) is 4.08. The van der Waals surface area contributed by atoms with E-state index in [0.29, 0.717) is 23.8 Å². The highest BCUT2D eigenvalue weighted by atomic mass is 16.2. The quantitative estimate of drug-likeness (QED) is 0.729. The molecular weight excluding hydrogens is 332 g/mol. The van der Waals surface area contributed by atoms with Gasteiger partial charge in [-0.05, 0) is 30.9 Å². The van der Waals surface area contributed by atoms with E-state index in [4.69, 9.17) is 11.5 Å². The van der Waals surface area contributed by atoms with Gasteiger partial charge < -0.3 is 21.7 Å². The third-order valence-electron chi connectivity index (χ3n) is 4.55. The molecule has 1 aromatic carbocycles. The summed E-state index contributed by atoms with van der Waals surface area (Å²) in [5.41, 5.74) is 11.6. The minimum Gasteiger partial charge on any atom is -0.382 e. The Hall–Kier alpha value is -3.16. The Morgan fingerprint density at radius 3 is 2.50 bits per heavy atom. The maximum Gasteiger partial charge on any atom is 0.271 e. The topological polar surface area (TPSA) is 127 Å². The molecule has 0 unspecified atom stereocenters. The molecule has 1 aromatic heterocycles. The van der Waals surface area contributed by atoms with Crippen LogP contribution < -0.4 is 21.7 Å². The van der Waals surface area contributed by atoms with Gasteiger partial charge in [0.25, 0.3) is 11.8 Å². The molecule has 2 heterocycles. The number of amides is 2. The molecule has 1 aliphatic rings. The van der Waals surface area contributed by atoms with E-state index in [1.165, 1.54) is 6.20 Å². The maximum absolute atomic E-state index is 12.1. The lowest BCUT2D eigenvalue weighted by molar-refractivity contribution is 0.0943. The number of primary amides is 1. The third-order valence-corrected chi connectivity index (χ3v) is 4.55. The number of anilines is 2. The van der Waals surface area contributed by atoms with Crippen molar-refractivity contribution in [3.63, 3.8) is 0 Å². The van der Waals surface area contributed by atoms with Gasteiger partial charge in [0.1, 0.15) is 5.82 Å². The molecule has 0 spiro atoms. The van der Waals surface area contributed by atoms with E-state index in [-0.39, 0.29) is 17.4 Å². The van der Waals surface area contributed by atoms with Crippen molar-refractivity contribution in [3.8, 4) is 0 Å². The molecule has 0 atom stereocenters. The number of benzene rings is 1. The summed E-state index contributed by atoms with van der Waals surface area (Å²) < 4.78 is 0. The van der Waals surface area contributed by atoms with Crippen LogP contribution >= 0.6 is 0 Å². The summed E-state index contributed by atoms with van der Waals surface area (Å²) in [7, 11) is 0. The van der Waals surface area contributed by atoms with Crippen LogP contribution in [0.5, 0.6) is 0 Å². The molecule has 0 aliphatic carbocycles. The molecule has 0 saturated carbocycles. The van der Waals surface area contributed by atoms with Gasteiger partial charge in [-0.15, -0.1) is 0 Å². The number of hydrogen-bond donors (Lipinski definition) is 3.